The van der Waals surface area contributed by atoms with Crippen molar-refractivity contribution >= 4 is 23.1 Å². The lowest BCUT2D eigenvalue weighted by Gasteiger charge is -2.35. The molecule has 0 aromatic carbocycles. The van der Waals surface area contributed by atoms with E-state index in [1.54, 1.807) is 0 Å². The van der Waals surface area contributed by atoms with Gasteiger partial charge in [-0.2, -0.15) is 0 Å². The Morgan fingerprint density at radius 1 is 1.31 bits per heavy atom. The number of carbonyl (C=O) groups is 1. The quantitative estimate of drug-likeness (QED) is 0.718. The van der Waals surface area contributed by atoms with E-state index in [0.717, 1.165) is 45.6 Å². The number of hydrogen-bond donors (Lipinski definition) is 1. The van der Waals surface area contributed by atoms with Crippen molar-refractivity contribution in [2.45, 2.75) is 19.8 Å². The molecule has 0 atom stereocenters. The first kappa shape index (κ1) is 11.8. The minimum atomic E-state index is -0.469. The number of nitrogens with zero attached hydrogens (tertiary/aromatic N) is 2. The summed E-state index contributed by atoms with van der Waals surface area (Å²) in [5, 5.41) is 0. The molecule has 2 aliphatic rings. The van der Waals surface area contributed by atoms with Gasteiger partial charge in [-0.25, -0.2) is 0 Å². The van der Waals surface area contributed by atoms with Crippen LogP contribution in [0.4, 0.5) is 0 Å². The molecule has 1 aliphatic carbocycles. The molecule has 2 rings (SSSR count). The summed E-state index contributed by atoms with van der Waals surface area (Å²) in [5.41, 5.74) is 5.20. The van der Waals surface area contributed by atoms with Gasteiger partial charge < -0.3 is 15.5 Å². The highest BCUT2D eigenvalue weighted by Crippen LogP contribution is 2.47. The Morgan fingerprint density at radius 2 is 1.88 bits per heavy atom. The van der Waals surface area contributed by atoms with Crippen molar-refractivity contribution in [3.63, 3.8) is 0 Å². The molecule has 1 heterocycles. The average molecular weight is 241 g/mol. The van der Waals surface area contributed by atoms with E-state index in [1.807, 2.05) is 4.90 Å². The lowest BCUT2D eigenvalue weighted by atomic mass is 10.1. The third-order valence-corrected chi connectivity index (χ3v) is 4.13. The van der Waals surface area contributed by atoms with E-state index in [9.17, 15) is 4.79 Å². The molecule has 1 aliphatic heterocycles. The molecule has 0 aromatic rings. The fourth-order valence-electron chi connectivity index (χ4n) is 2.26. The second-order valence-corrected chi connectivity index (χ2v) is 5.11. The molecule has 0 aromatic heterocycles. The average Bonchev–Trinajstić information content (AvgIpc) is 3.09. The van der Waals surface area contributed by atoms with E-state index in [2.05, 4.69) is 11.8 Å². The van der Waals surface area contributed by atoms with Crippen LogP contribution in [0.15, 0.2) is 0 Å². The van der Waals surface area contributed by atoms with Crippen LogP contribution < -0.4 is 5.73 Å². The summed E-state index contributed by atoms with van der Waals surface area (Å²) in [6.45, 7) is 6.77. The van der Waals surface area contributed by atoms with Crippen molar-refractivity contribution in [2.24, 2.45) is 11.1 Å². The van der Waals surface area contributed by atoms with Crippen LogP contribution in [0.3, 0.4) is 0 Å². The molecule has 2 fully saturated rings. The highest BCUT2D eigenvalue weighted by molar-refractivity contribution is 7.80. The number of amides is 1. The first-order chi connectivity index (χ1) is 7.60. The molecule has 0 radical (unpaired) electrons. The summed E-state index contributed by atoms with van der Waals surface area (Å²) in [6.07, 6.45) is 1.68. The maximum Gasteiger partial charge on any atom is 0.235 e. The molecular weight excluding hydrogens is 222 g/mol. The number of thiocarbonyl (C=S) groups is 1. The summed E-state index contributed by atoms with van der Waals surface area (Å²) >= 11 is 5.01. The zero-order valence-corrected chi connectivity index (χ0v) is 10.6. The number of nitrogens with two attached hydrogens (primary N) is 1. The topological polar surface area (TPSA) is 49.6 Å². The Kier molecular flexibility index (Phi) is 3.17. The van der Waals surface area contributed by atoms with Crippen molar-refractivity contribution in [1.82, 2.24) is 9.80 Å². The minimum absolute atomic E-state index is 0.163. The first-order valence-corrected chi connectivity index (χ1v) is 6.32. The minimum Gasteiger partial charge on any atom is -0.392 e. The maximum atomic E-state index is 12.3. The van der Waals surface area contributed by atoms with Gasteiger partial charge in [0, 0.05) is 26.2 Å². The predicted octanol–water partition coefficient (Wildman–Crippen LogP) is 0.217. The van der Waals surface area contributed by atoms with Crippen LogP contribution in [0.2, 0.25) is 0 Å². The lowest BCUT2D eigenvalue weighted by Crippen LogP contribution is -2.52. The Balaban J connectivity index is 1.95. The molecule has 90 valence electrons. The van der Waals surface area contributed by atoms with Crippen LogP contribution in [-0.4, -0.2) is 53.4 Å². The molecule has 1 saturated heterocycles. The Bertz CT molecular complexity index is 306. The Morgan fingerprint density at radius 3 is 2.25 bits per heavy atom. The number of piperazine rings is 1. The van der Waals surface area contributed by atoms with Gasteiger partial charge in [0.25, 0.3) is 0 Å². The number of likely N-dealkylation sites (N-methyl/N-ethyl adjacent to an activating group) is 1. The van der Waals surface area contributed by atoms with Crippen LogP contribution in [0.25, 0.3) is 0 Å². The summed E-state index contributed by atoms with van der Waals surface area (Å²) in [7, 11) is 0. The van der Waals surface area contributed by atoms with Gasteiger partial charge in [-0.05, 0) is 19.4 Å². The monoisotopic (exact) mass is 241 g/mol. The van der Waals surface area contributed by atoms with Crippen LogP contribution in [0.5, 0.6) is 0 Å². The van der Waals surface area contributed by atoms with Gasteiger partial charge in [0.2, 0.25) is 5.91 Å². The Labute approximate surface area is 102 Å². The first-order valence-electron chi connectivity index (χ1n) is 5.92. The number of hydrogen-bond acceptors (Lipinski definition) is 3. The SMILES string of the molecule is CCN1CCN(C(=O)C2(C(N)=S)CC2)CC1. The Hall–Kier alpha value is -0.680. The molecule has 0 spiro atoms. The number of carbonyl (C=O) groups excluding carboxylic acids is 1. The summed E-state index contributed by atoms with van der Waals surface area (Å²) in [5.74, 6) is 0.163. The van der Waals surface area contributed by atoms with Crippen LogP contribution in [0.1, 0.15) is 19.8 Å². The van der Waals surface area contributed by atoms with E-state index in [4.69, 9.17) is 18.0 Å². The fourth-order valence-corrected chi connectivity index (χ4v) is 2.55. The van der Waals surface area contributed by atoms with Crippen molar-refractivity contribution in [1.29, 1.82) is 0 Å². The molecule has 2 N–H and O–H groups in total. The van der Waals surface area contributed by atoms with Crippen molar-refractivity contribution in [3.8, 4) is 0 Å². The van der Waals surface area contributed by atoms with E-state index < -0.39 is 5.41 Å². The third kappa shape index (κ3) is 1.94. The van der Waals surface area contributed by atoms with Gasteiger partial charge in [-0.15, -0.1) is 0 Å². The van der Waals surface area contributed by atoms with Crippen LogP contribution in [-0.2, 0) is 4.79 Å². The largest absolute Gasteiger partial charge is 0.392 e. The molecule has 16 heavy (non-hydrogen) atoms. The van der Waals surface area contributed by atoms with Gasteiger partial charge in [0.1, 0.15) is 0 Å². The van der Waals surface area contributed by atoms with Crippen LogP contribution >= 0.6 is 12.2 Å². The second kappa shape index (κ2) is 4.30. The van der Waals surface area contributed by atoms with Gasteiger partial charge in [0.15, 0.2) is 0 Å². The van der Waals surface area contributed by atoms with E-state index >= 15 is 0 Å². The molecule has 0 bridgehead atoms. The van der Waals surface area contributed by atoms with E-state index in [0.29, 0.717) is 4.99 Å². The van der Waals surface area contributed by atoms with Gasteiger partial charge in [0.05, 0.1) is 10.4 Å². The molecule has 5 heteroatoms. The highest BCUT2D eigenvalue weighted by atomic mass is 32.1. The second-order valence-electron chi connectivity index (χ2n) is 4.67. The molecule has 4 nitrogen and oxygen atoms in total. The van der Waals surface area contributed by atoms with Gasteiger partial charge in [-0.3, -0.25) is 4.79 Å². The van der Waals surface area contributed by atoms with Gasteiger partial charge in [-0.1, -0.05) is 19.1 Å². The molecular formula is C11H19N3OS. The highest BCUT2D eigenvalue weighted by Gasteiger charge is 2.54. The summed E-state index contributed by atoms with van der Waals surface area (Å²) in [6, 6.07) is 0. The normalized spacial score (nSPS) is 24.2. The smallest absolute Gasteiger partial charge is 0.235 e. The van der Waals surface area contributed by atoms with Crippen LogP contribution in [0, 0.1) is 5.41 Å². The molecule has 1 saturated carbocycles. The zero-order chi connectivity index (χ0) is 11.8. The van der Waals surface area contributed by atoms with Gasteiger partial charge >= 0.3 is 0 Å². The van der Waals surface area contributed by atoms with Crippen molar-refractivity contribution in [3.05, 3.63) is 0 Å². The van der Waals surface area contributed by atoms with E-state index in [1.165, 1.54) is 0 Å². The van der Waals surface area contributed by atoms with Crippen molar-refractivity contribution < 1.29 is 4.79 Å². The third-order valence-electron chi connectivity index (χ3n) is 3.74. The molecule has 1 amide bonds. The number of rotatable bonds is 3. The van der Waals surface area contributed by atoms with Crippen molar-refractivity contribution in [2.75, 3.05) is 32.7 Å². The maximum absolute atomic E-state index is 12.3. The summed E-state index contributed by atoms with van der Waals surface area (Å²) in [4.78, 5) is 16.9. The lowest BCUT2D eigenvalue weighted by molar-refractivity contribution is -0.136. The van der Waals surface area contributed by atoms with E-state index in [-0.39, 0.29) is 5.91 Å². The summed E-state index contributed by atoms with van der Waals surface area (Å²) < 4.78 is 0. The molecule has 0 unspecified atom stereocenters. The predicted molar refractivity (Wildman–Crippen MR) is 67.1 cm³/mol. The fraction of sp³-hybridized carbons (Fsp3) is 0.818. The zero-order valence-electron chi connectivity index (χ0n) is 9.74. The standard InChI is InChI=1S/C11H19N3OS/c1-2-13-5-7-14(8-6-13)10(15)11(3-4-11)9(12)16/h2-8H2,1H3,(H2,12,16).